The standard InChI is InChI=1S/C13H17IN2/c14-10-5-6-12-13(7-10)15-8-9-3-1-2-4-11(9)16-12/h5-7,9,11,15-16H,1-4,8H2. The van der Waals surface area contributed by atoms with Crippen molar-refractivity contribution >= 4 is 34.0 Å². The van der Waals surface area contributed by atoms with Crippen molar-refractivity contribution in [2.45, 2.75) is 31.7 Å². The Balaban J connectivity index is 1.89. The fourth-order valence-corrected chi connectivity index (χ4v) is 3.36. The highest BCUT2D eigenvalue weighted by molar-refractivity contribution is 14.1. The minimum atomic E-state index is 0.683. The van der Waals surface area contributed by atoms with Gasteiger partial charge in [-0.2, -0.15) is 0 Å². The van der Waals surface area contributed by atoms with Crippen molar-refractivity contribution in [3.63, 3.8) is 0 Å². The topological polar surface area (TPSA) is 24.1 Å². The number of nitrogens with one attached hydrogen (secondary N) is 2. The molecule has 2 atom stereocenters. The first-order valence-electron chi connectivity index (χ1n) is 6.13. The Morgan fingerprint density at radius 3 is 2.94 bits per heavy atom. The minimum absolute atomic E-state index is 0.683. The summed E-state index contributed by atoms with van der Waals surface area (Å²) in [4.78, 5) is 0. The largest absolute Gasteiger partial charge is 0.383 e. The Morgan fingerprint density at radius 2 is 2.00 bits per heavy atom. The molecular weight excluding hydrogens is 311 g/mol. The van der Waals surface area contributed by atoms with Crippen LogP contribution in [-0.4, -0.2) is 12.6 Å². The van der Waals surface area contributed by atoms with Crippen LogP contribution in [0.1, 0.15) is 25.7 Å². The summed E-state index contributed by atoms with van der Waals surface area (Å²) in [6.45, 7) is 1.13. The van der Waals surface area contributed by atoms with E-state index in [4.69, 9.17) is 0 Å². The normalized spacial score (nSPS) is 28.1. The minimum Gasteiger partial charge on any atom is -0.383 e. The smallest absolute Gasteiger partial charge is 0.0586 e. The maximum absolute atomic E-state index is 3.72. The first-order chi connectivity index (χ1) is 7.83. The van der Waals surface area contributed by atoms with E-state index in [1.54, 1.807) is 0 Å². The van der Waals surface area contributed by atoms with E-state index >= 15 is 0 Å². The van der Waals surface area contributed by atoms with Gasteiger partial charge in [0.1, 0.15) is 0 Å². The Hall–Kier alpha value is -0.450. The lowest BCUT2D eigenvalue weighted by atomic mass is 9.84. The maximum atomic E-state index is 3.72. The van der Waals surface area contributed by atoms with Crippen LogP contribution < -0.4 is 10.6 Å². The molecule has 1 heterocycles. The molecule has 0 amide bonds. The zero-order valence-corrected chi connectivity index (χ0v) is 11.5. The van der Waals surface area contributed by atoms with Crippen LogP contribution in [0.5, 0.6) is 0 Å². The molecule has 0 aromatic heterocycles. The van der Waals surface area contributed by atoms with Crippen LogP contribution >= 0.6 is 22.6 Å². The van der Waals surface area contributed by atoms with Gasteiger partial charge in [0, 0.05) is 16.2 Å². The van der Waals surface area contributed by atoms with Crippen molar-refractivity contribution in [3.8, 4) is 0 Å². The SMILES string of the molecule is Ic1ccc2c(c1)NCC1CCCCC1N2. The molecule has 1 fully saturated rings. The van der Waals surface area contributed by atoms with Gasteiger partial charge in [0.25, 0.3) is 0 Å². The molecule has 2 unspecified atom stereocenters. The van der Waals surface area contributed by atoms with Gasteiger partial charge in [-0.25, -0.2) is 0 Å². The van der Waals surface area contributed by atoms with Gasteiger partial charge in [-0.1, -0.05) is 12.8 Å². The number of hydrogen-bond donors (Lipinski definition) is 2. The van der Waals surface area contributed by atoms with Crippen LogP contribution in [0.25, 0.3) is 0 Å². The first-order valence-corrected chi connectivity index (χ1v) is 7.21. The molecule has 2 nitrogen and oxygen atoms in total. The molecule has 16 heavy (non-hydrogen) atoms. The van der Waals surface area contributed by atoms with Crippen LogP contribution in [0, 0.1) is 9.49 Å². The number of fused-ring (bicyclic) bond motifs is 2. The number of benzene rings is 1. The lowest BCUT2D eigenvalue weighted by Gasteiger charge is -2.30. The number of hydrogen-bond acceptors (Lipinski definition) is 2. The van der Waals surface area contributed by atoms with Gasteiger partial charge in [0.15, 0.2) is 0 Å². The van der Waals surface area contributed by atoms with Crippen molar-refractivity contribution in [1.29, 1.82) is 0 Å². The van der Waals surface area contributed by atoms with Gasteiger partial charge in [0.05, 0.1) is 11.4 Å². The zero-order valence-electron chi connectivity index (χ0n) is 9.30. The van der Waals surface area contributed by atoms with Gasteiger partial charge in [-0.05, 0) is 59.5 Å². The number of rotatable bonds is 0. The Morgan fingerprint density at radius 1 is 1.12 bits per heavy atom. The summed E-state index contributed by atoms with van der Waals surface area (Å²) in [7, 11) is 0. The average Bonchev–Trinajstić information content (AvgIpc) is 2.48. The van der Waals surface area contributed by atoms with Gasteiger partial charge in [-0.3, -0.25) is 0 Å². The van der Waals surface area contributed by atoms with Crippen LogP contribution in [0.15, 0.2) is 18.2 Å². The molecular formula is C13H17IN2. The van der Waals surface area contributed by atoms with Crippen molar-refractivity contribution < 1.29 is 0 Å². The summed E-state index contributed by atoms with van der Waals surface area (Å²) < 4.78 is 1.30. The third kappa shape index (κ3) is 2.01. The monoisotopic (exact) mass is 328 g/mol. The predicted molar refractivity (Wildman–Crippen MR) is 77.0 cm³/mol. The number of halogens is 1. The summed E-state index contributed by atoms with van der Waals surface area (Å²) in [5, 5.41) is 7.32. The summed E-state index contributed by atoms with van der Waals surface area (Å²) in [6.07, 6.45) is 5.49. The van der Waals surface area contributed by atoms with Crippen LogP contribution in [0.2, 0.25) is 0 Å². The second-order valence-electron chi connectivity index (χ2n) is 4.87. The van der Waals surface area contributed by atoms with Gasteiger partial charge >= 0.3 is 0 Å². The highest BCUT2D eigenvalue weighted by Crippen LogP contribution is 2.34. The highest BCUT2D eigenvalue weighted by atomic mass is 127. The van der Waals surface area contributed by atoms with E-state index in [2.05, 4.69) is 51.4 Å². The van der Waals surface area contributed by atoms with E-state index < -0.39 is 0 Å². The van der Waals surface area contributed by atoms with Gasteiger partial charge in [0.2, 0.25) is 0 Å². The third-order valence-electron chi connectivity index (χ3n) is 3.79. The first kappa shape index (κ1) is 10.7. The Labute approximate surface area is 110 Å². The fraction of sp³-hybridized carbons (Fsp3) is 0.538. The molecule has 0 radical (unpaired) electrons. The molecule has 2 aliphatic rings. The van der Waals surface area contributed by atoms with E-state index in [0.29, 0.717) is 6.04 Å². The predicted octanol–water partition coefficient (Wildman–Crippen LogP) is 3.69. The highest BCUT2D eigenvalue weighted by Gasteiger charge is 2.27. The van der Waals surface area contributed by atoms with Crippen molar-refractivity contribution in [1.82, 2.24) is 0 Å². The molecule has 1 saturated carbocycles. The Kier molecular flexibility index (Phi) is 2.96. The molecule has 0 spiro atoms. The summed E-state index contributed by atoms with van der Waals surface area (Å²) >= 11 is 2.37. The maximum Gasteiger partial charge on any atom is 0.0586 e. The summed E-state index contributed by atoms with van der Waals surface area (Å²) in [6, 6.07) is 7.31. The van der Waals surface area contributed by atoms with Crippen molar-refractivity contribution in [2.75, 3.05) is 17.2 Å². The Bertz CT molecular complexity index is 392. The molecule has 1 aromatic carbocycles. The number of anilines is 2. The molecule has 1 aliphatic carbocycles. The fourth-order valence-electron chi connectivity index (χ4n) is 2.87. The van der Waals surface area contributed by atoms with E-state index in [0.717, 1.165) is 12.5 Å². The molecule has 0 bridgehead atoms. The molecule has 86 valence electrons. The van der Waals surface area contributed by atoms with E-state index in [1.165, 1.54) is 40.6 Å². The third-order valence-corrected chi connectivity index (χ3v) is 4.46. The lowest BCUT2D eigenvalue weighted by molar-refractivity contribution is 0.342. The van der Waals surface area contributed by atoms with Crippen LogP contribution in [0.4, 0.5) is 11.4 Å². The lowest BCUT2D eigenvalue weighted by Crippen LogP contribution is -2.34. The van der Waals surface area contributed by atoms with Crippen molar-refractivity contribution in [3.05, 3.63) is 21.8 Å². The van der Waals surface area contributed by atoms with Crippen molar-refractivity contribution in [2.24, 2.45) is 5.92 Å². The summed E-state index contributed by atoms with van der Waals surface area (Å²) in [5.41, 5.74) is 2.57. The second-order valence-corrected chi connectivity index (χ2v) is 6.11. The quantitative estimate of drug-likeness (QED) is 0.710. The molecule has 3 heteroatoms. The zero-order chi connectivity index (χ0) is 11.0. The molecule has 3 rings (SSSR count). The second kappa shape index (κ2) is 4.43. The summed E-state index contributed by atoms with van der Waals surface area (Å²) in [5.74, 6) is 0.804. The van der Waals surface area contributed by atoms with Crippen LogP contribution in [-0.2, 0) is 0 Å². The van der Waals surface area contributed by atoms with E-state index in [-0.39, 0.29) is 0 Å². The molecule has 2 N–H and O–H groups in total. The van der Waals surface area contributed by atoms with E-state index in [1.807, 2.05) is 0 Å². The molecule has 1 aliphatic heterocycles. The molecule has 0 saturated heterocycles. The van der Waals surface area contributed by atoms with E-state index in [9.17, 15) is 0 Å². The average molecular weight is 328 g/mol. The molecule has 1 aromatic rings. The van der Waals surface area contributed by atoms with Gasteiger partial charge < -0.3 is 10.6 Å². The van der Waals surface area contributed by atoms with Gasteiger partial charge in [-0.15, -0.1) is 0 Å². The van der Waals surface area contributed by atoms with Crippen LogP contribution in [0.3, 0.4) is 0 Å².